The third kappa shape index (κ3) is 2.90. The molecule has 0 aliphatic heterocycles. The Morgan fingerprint density at radius 3 is 3.00 bits per heavy atom. The lowest BCUT2D eigenvalue weighted by atomic mass is 10.2. The molecule has 1 heterocycles. The summed E-state index contributed by atoms with van der Waals surface area (Å²) < 4.78 is 6.20. The first kappa shape index (κ1) is 11.4. The summed E-state index contributed by atoms with van der Waals surface area (Å²) in [5, 5.41) is 4.01. The molecule has 0 aliphatic rings. The molecule has 1 aromatic rings. The summed E-state index contributed by atoms with van der Waals surface area (Å²) in [5.41, 5.74) is 1.23. The number of aldehydes is 1. The highest BCUT2D eigenvalue weighted by molar-refractivity contribution is 5.87. The lowest BCUT2D eigenvalue weighted by Crippen LogP contribution is -2.03. The number of ether oxygens (including phenoxy) is 1. The molecule has 1 rings (SSSR count). The quantitative estimate of drug-likeness (QED) is 0.408. The van der Waals surface area contributed by atoms with E-state index in [1.807, 2.05) is 0 Å². The van der Waals surface area contributed by atoms with Crippen LogP contribution in [0.4, 0.5) is 0 Å². The summed E-state index contributed by atoms with van der Waals surface area (Å²) in [6.07, 6.45) is 2.92. The number of nitrogens with zero attached hydrogens (tertiary/aromatic N) is 2. The summed E-state index contributed by atoms with van der Waals surface area (Å²) in [6, 6.07) is 1.69. The average molecular weight is 210 g/mol. The summed E-state index contributed by atoms with van der Waals surface area (Å²) in [6.45, 7) is 0. The van der Waals surface area contributed by atoms with Crippen LogP contribution in [0.25, 0.3) is 0 Å². The van der Waals surface area contributed by atoms with Crippen LogP contribution in [-0.2, 0) is 23.0 Å². The number of carbonyl (C=O) groups is 2. The van der Waals surface area contributed by atoms with Crippen molar-refractivity contribution in [3.8, 4) is 0 Å². The van der Waals surface area contributed by atoms with Crippen molar-refractivity contribution in [2.75, 3.05) is 7.11 Å². The van der Waals surface area contributed by atoms with Gasteiger partial charge in [0.15, 0.2) is 5.69 Å². The molecule has 0 bridgehead atoms. The molecule has 0 spiro atoms. The van der Waals surface area contributed by atoms with Crippen molar-refractivity contribution < 1.29 is 14.3 Å². The van der Waals surface area contributed by atoms with Crippen LogP contribution in [0.2, 0.25) is 0 Å². The number of aryl methyl sites for hydroxylation is 2. The van der Waals surface area contributed by atoms with E-state index in [1.54, 1.807) is 17.8 Å². The number of hydrogen-bond acceptors (Lipinski definition) is 4. The van der Waals surface area contributed by atoms with Crippen molar-refractivity contribution in [1.29, 1.82) is 0 Å². The molecule has 82 valence electrons. The zero-order valence-corrected chi connectivity index (χ0v) is 8.90. The standard InChI is InChI=1S/C10H14N2O3/c1-12-8(5-3-4-6-13)7-9(11-12)10(14)15-2/h6-7H,3-5H2,1-2H3. The number of hydrogen-bond donors (Lipinski definition) is 0. The molecule has 5 heteroatoms. The summed E-state index contributed by atoms with van der Waals surface area (Å²) in [7, 11) is 3.09. The molecule has 0 unspecified atom stereocenters. The van der Waals surface area contributed by atoms with E-state index in [0.717, 1.165) is 24.8 Å². The van der Waals surface area contributed by atoms with Gasteiger partial charge < -0.3 is 9.53 Å². The van der Waals surface area contributed by atoms with E-state index in [1.165, 1.54) is 7.11 Å². The predicted molar refractivity (Wildman–Crippen MR) is 53.5 cm³/mol. The molecule has 0 aromatic carbocycles. The van der Waals surface area contributed by atoms with Crippen LogP contribution in [0, 0.1) is 0 Å². The van der Waals surface area contributed by atoms with Gasteiger partial charge in [0.1, 0.15) is 6.29 Å². The lowest BCUT2D eigenvalue weighted by molar-refractivity contribution is -0.107. The Balaban J connectivity index is 2.68. The van der Waals surface area contributed by atoms with Crippen LogP contribution in [0.1, 0.15) is 29.0 Å². The van der Waals surface area contributed by atoms with Gasteiger partial charge in [-0.2, -0.15) is 5.10 Å². The van der Waals surface area contributed by atoms with E-state index in [4.69, 9.17) is 0 Å². The van der Waals surface area contributed by atoms with E-state index in [0.29, 0.717) is 12.1 Å². The average Bonchev–Trinajstić information content (AvgIpc) is 2.60. The minimum absolute atomic E-state index is 0.307. The van der Waals surface area contributed by atoms with Crippen molar-refractivity contribution in [1.82, 2.24) is 9.78 Å². The zero-order chi connectivity index (χ0) is 11.3. The van der Waals surface area contributed by atoms with Gasteiger partial charge in [0.2, 0.25) is 0 Å². The van der Waals surface area contributed by atoms with Gasteiger partial charge in [-0.15, -0.1) is 0 Å². The van der Waals surface area contributed by atoms with Crippen LogP contribution in [0.3, 0.4) is 0 Å². The maximum atomic E-state index is 11.2. The van der Waals surface area contributed by atoms with Gasteiger partial charge in [0.05, 0.1) is 7.11 Å². The molecule has 0 saturated carbocycles. The van der Waals surface area contributed by atoms with Gasteiger partial charge in [0.25, 0.3) is 0 Å². The van der Waals surface area contributed by atoms with Crippen molar-refractivity contribution in [3.63, 3.8) is 0 Å². The summed E-state index contributed by atoms with van der Waals surface area (Å²) in [5.74, 6) is -0.438. The maximum absolute atomic E-state index is 11.2. The van der Waals surface area contributed by atoms with Crippen molar-refractivity contribution in [2.45, 2.75) is 19.3 Å². The van der Waals surface area contributed by atoms with Crippen molar-refractivity contribution >= 4 is 12.3 Å². The molecule has 0 N–H and O–H groups in total. The highest BCUT2D eigenvalue weighted by Crippen LogP contribution is 2.07. The smallest absolute Gasteiger partial charge is 0.358 e. The van der Waals surface area contributed by atoms with Crippen molar-refractivity contribution in [3.05, 3.63) is 17.5 Å². The number of carbonyl (C=O) groups excluding carboxylic acids is 2. The van der Waals surface area contributed by atoms with Gasteiger partial charge in [0, 0.05) is 19.2 Å². The zero-order valence-electron chi connectivity index (χ0n) is 8.90. The lowest BCUT2D eigenvalue weighted by Gasteiger charge is -1.97. The molecule has 5 nitrogen and oxygen atoms in total. The first-order chi connectivity index (χ1) is 7.19. The number of aromatic nitrogens is 2. The molecule has 0 saturated heterocycles. The van der Waals surface area contributed by atoms with Gasteiger partial charge in [-0.05, 0) is 18.9 Å². The predicted octanol–water partition coefficient (Wildman–Crippen LogP) is 0.728. The SMILES string of the molecule is COC(=O)c1cc(CCCC=O)n(C)n1. The van der Waals surface area contributed by atoms with Crippen LogP contribution in [0.15, 0.2) is 6.07 Å². The number of unbranched alkanes of at least 4 members (excludes halogenated alkanes) is 1. The second-order valence-corrected chi connectivity index (χ2v) is 3.19. The first-order valence-electron chi connectivity index (χ1n) is 4.74. The Kier molecular flexibility index (Phi) is 4.03. The monoisotopic (exact) mass is 210 g/mol. The number of esters is 1. The van der Waals surface area contributed by atoms with E-state index >= 15 is 0 Å². The first-order valence-corrected chi connectivity index (χ1v) is 4.74. The molecule has 0 radical (unpaired) electrons. The fraction of sp³-hybridized carbons (Fsp3) is 0.500. The third-order valence-electron chi connectivity index (χ3n) is 2.13. The third-order valence-corrected chi connectivity index (χ3v) is 2.13. The van der Waals surface area contributed by atoms with E-state index < -0.39 is 5.97 Å². The fourth-order valence-electron chi connectivity index (χ4n) is 1.31. The molecule has 0 fully saturated rings. The van der Waals surface area contributed by atoms with Crippen LogP contribution >= 0.6 is 0 Å². The molecule has 0 atom stereocenters. The van der Waals surface area contributed by atoms with Crippen LogP contribution < -0.4 is 0 Å². The molecular formula is C10H14N2O3. The van der Waals surface area contributed by atoms with E-state index in [-0.39, 0.29) is 0 Å². The Morgan fingerprint density at radius 2 is 2.40 bits per heavy atom. The Bertz CT molecular complexity index is 358. The topological polar surface area (TPSA) is 61.2 Å². The molecule has 0 amide bonds. The summed E-state index contributed by atoms with van der Waals surface area (Å²) in [4.78, 5) is 21.3. The minimum Gasteiger partial charge on any atom is -0.464 e. The second kappa shape index (κ2) is 5.29. The number of methoxy groups -OCH3 is 1. The van der Waals surface area contributed by atoms with E-state index in [9.17, 15) is 9.59 Å². The largest absolute Gasteiger partial charge is 0.464 e. The van der Waals surface area contributed by atoms with Gasteiger partial charge >= 0.3 is 5.97 Å². The van der Waals surface area contributed by atoms with Gasteiger partial charge in [-0.1, -0.05) is 0 Å². The van der Waals surface area contributed by atoms with Crippen molar-refractivity contribution in [2.24, 2.45) is 7.05 Å². The van der Waals surface area contributed by atoms with Crippen LogP contribution in [0.5, 0.6) is 0 Å². The Morgan fingerprint density at radius 1 is 1.67 bits per heavy atom. The van der Waals surface area contributed by atoms with Crippen LogP contribution in [-0.4, -0.2) is 29.1 Å². The number of rotatable bonds is 5. The molecule has 0 aliphatic carbocycles. The normalized spacial score (nSPS) is 10.0. The van der Waals surface area contributed by atoms with E-state index in [2.05, 4.69) is 9.84 Å². The Hall–Kier alpha value is -1.65. The molecule has 1 aromatic heterocycles. The maximum Gasteiger partial charge on any atom is 0.358 e. The van der Waals surface area contributed by atoms with Gasteiger partial charge in [-0.25, -0.2) is 4.79 Å². The van der Waals surface area contributed by atoms with Gasteiger partial charge in [-0.3, -0.25) is 4.68 Å². The molecular weight excluding hydrogens is 196 g/mol. The fourth-order valence-corrected chi connectivity index (χ4v) is 1.31. The Labute approximate surface area is 88.0 Å². The summed E-state index contributed by atoms with van der Waals surface area (Å²) >= 11 is 0. The molecule has 15 heavy (non-hydrogen) atoms. The highest BCUT2D eigenvalue weighted by atomic mass is 16.5. The highest BCUT2D eigenvalue weighted by Gasteiger charge is 2.12. The second-order valence-electron chi connectivity index (χ2n) is 3.19. The minimum atomic E-state index is -0.438.